The fourth-order valence-electron chi connectivity index (χ4n) is 3.62. The minimum Gasteiger partial charge on any atom is -0.477 e. The Kier molecular flexibility index (Phi) is 5.15. The number of nitrogens with zero attached hydrogens (tertiary/aromatic N) is 1. The lowest BCUT2D eigenvalue weighted by Gasteiger charge is -2.30. The zero-order valence-electron chi connectivity index (χ0n) is 16.0. The number of carbonyl (C=O) groups excluding carboxylic acids is 1. The number of halogens is 1. The molecule has 0 N–H and O–H groups in total. The number of ether oxygens (including phenoxy) is 3. The Hall–Kier alpha value is -2.70. The smallest absolute Gasteiger partial charge is 0.231 e. The van der Waals surface area contributed by atoms with Crippen LogP contribution < -0.4 is 9.47 Å². The van der Waals surface area contributed by atoms with Crippen LogP contribution >= 0.6 is 0 Å². The molecule has 6 heteroatoms. The third-order valence-electron chi connectivity index (χ3n) is 4.97. The fourth-order valence-corrected chi connectivity index (χ4v) is 3.62. The molecule has 146 valence electrons. The largest absolute Gasteiger partial charge is 0.477 e. The van der Waals surface area contributed by atoms with Gasteiger partial charge in [0.05, 0.1) is 5.56 Å². The number of carbonyl (C=O) groups is 1. The Balaban J connectivity index is 1.61. The van der Waals surface area contributed by atoms with Gasteiger partial charge in [0.2, 0.25) is 5.78 Å². The molecule has 0 amide bonds. The summed E-state index contributed by atoms with van der Waals surface area (Å²) in [6.07, 6.45) is 2.49. The van der Waals surface area contributed by atoms with Crippen LogP contribution in [0, 0.1) is 12.7 Å². The quantitative estimate of drug-likeness (QED) is 0.578. The number of ketones is 1. The van der Waals surface area contributed by atoms with Crippen LogP contribution in [0.15, 0.2) is 36.1 Å². The van der Waals surface area contributed by atoms with E-state index in [9.17, 15) is 9.18 Å². The molecule has 2 aromatic rings. The van der Waals surface area contributed by atoms with Crippen LogP contribution in [0.1, 0.15) is 33.5 Å². The van der Waals surface area contributed by atoms with Crippen LogP contribution in [0.4, 0.5) is 4.39 Å². The molecule has 0 fully saturated rings. The highest BCUT2D eigenvalue weighted by Gasteiger charge is 2.33. The van der Waals surface area contributed by atoms with Crippen LogP contribution in [-0.4, -0.2) is 37.7 Å². The van der Waals surface area contributed by atoms with Crippen LogP contribution in [0.3, 0.4) is 0 Å². The summed E-state index contributed by atoms with van der Waals surface area (Å²) >= 11 is 0. The van der Waals surface area contributed by atoms with Crippen molar-refractivity contribution < 1.29 is 23.4 Å². The monoisotopic (exact) mass is 383 g/mol. The molecule has 5 nitrogen and oxygen atoms in total. The second kappa shape index (κ2) is 7.73. The standard InChI is InChI=1S/C22H22FNO4/c1-14-21-16(12-24(13-27-21)7-4-8-26-2)11-18-20(25)19(28-22(14)18)10-15-5-3-6-17(23)9-15/h3,5-6,9-11H,4,7-8,12-13H2,1-2H3/b19-10-. The van der Waals surface area contributed by atoms with E-state index in [1.165, 1.54) is 12.1 Å². The summed E-state index contributed by atoms with van der Waals surface area (Å²) in [6.45, 7) is 4.67. The summed E-state index contributed by atoms with van der Waals surface area (Å²) in [5, 5.41) is 0. The molecule has 4 rings (SSSR count). The van der Waals surface area contributed by atoms with E-state index in [4.69, 9.17) is 14.2 Å². The maximum atomic E-state index is 13.4. The Morgan fingerprint density at radius 2 is 2.14 bits per heavy atom. The molecule has 0 aliphatic carbocycles. The van der Waals surface area contributed by atoms with Crippen molar-refractivity contribution in [1.82, 2.24) is 4.90 Å². The topological polar surface area (TPSA) is 48.0 Å². The molecule has 0 saturated heterocycles. The normalized spacial score (nSPS) is 17.2. The zero-order valence-corrected chi connectivity index (χ0v) is 16.0. The molecule has 0 radical (unpaired) electrons. The molecule has 0 bridgehead atoms. The third-order valence-corrected chi connectivity index (χ3v) is 4.97. The van der Waals surface area contributed by atoms with Crippen LogP contribution in [0.25, 0.3) is 6.08 Å². The first-order chi connectivity index (χ1) is 13.6. The van der Waals surface area contributed by atoms with Gasteiger partial charge in [0, 0.05) is 37.9 Å². The van der Waals surface area contributed by atoms with Crippen molar-refractivity contribution in [2.75, 3.05) is 27.0 Å². The molecule has 2 heterocycles. The Labute approximate surface area is 163 Å². The number of allylic oxidation sites excluding steroid dienone is 1. The summed E-state index contributed by atoms with van der Waals surface area (Å²) in [5.74, 6) is 0.955. The predicted molar refractivity (Wildman–Crippen MR) is 103 cm³/mol. The van der Waals surface area contributed by atoms with E-state index in [1.54, 1.807) is 25.3 Å². The number of hydrogen-bond acceptors (Lipinski definition) is 5. The summed E-state index contributed by atoms with van der Waals surface area (Å²) in [6, 6.07) is 7.92. The van der Waals surface area contributed by atoms with Crippen molar-refractivity contribution in [2.24, 2.45) is 0 Å². The number of Topliss-reactive ketones (excluding diaryl/α,β-unsaturated/α-hetero) is 1. The Morgan fingerprint density at radius 3 is 2.93 bits per heavy atom. The van der Waals surface area contributed by atoms with Crippen LogP contribution in [0.2, 0.25) is 0 Å². The number of methoxy groups -OCH3 is 1. The van der Waals surface area contributed by atoms with Crippen molar-refractivity contribution in [2.45, 2.75) is 19.9 Å². The van der Waals surface area contributed by atoms with Gasteiger partial charge in [-0.3, -0.25) is 9.69 Å². The van der Waals surface area contributed by atoms with E-state index in [2.05, 4.69) is 4.90 Å². The molecular formula is C22H22FNO4. The number of rotatable bonds is 5. The second-order valence-electron chi connectivity index (χ2n) is 7.03. The van der Waals surface area contributed by atoms with Gasteiger partial charge in [-0.15, -0.1) is 0 Å². The minimum atomic E-state index is -0.356. The predicted octanol–water partition coefficient (Wildman–Crippen LogP) is 3.94. The van der Waals surface area contributed by atoms with Crippen molar-refractivity contribution >= 4 is 11.9 Å². The first-order valence-corrected chi connectivity index (χ1v) is 9.27. The molecule has 2 aliphatic heterocycles. The van der Waals surface area contributed by atoms with Gasteiger partial charge in [-0.1, -0.05) is 12.1 Å². The van der Waals surface area contributed by atoms with E-state index in [-0.39, 0.29) is 17.4 Å². The van der Waals surface area contributed by atoms with Gasteiger partial charge in [0.1, 0.15) is 24.0 Å². The molecule has 2 aromatic carbocycles. The first kappa shape index (κ1) is 18.7. The first-order valence-electron chi connectivity index (χ1n) is 9.27. The van der Waals surface area contributed by atoms with Gasteiger partial charge in [-0.2, -0.15) is 0 Å². The summed E-state index contributed by atoms with van der Waals surface area (Å²) in [4.78, 5) is 15.0. The maximum Gasteiger partial charge on any atom is 0.231 e. The van der Waals surface area contributed by atoms with Crippen LogP contribution in [0.5, 0.6) is 11.5 Å². The number of benzene rings is 2. The lowest BCUT2D eigenvalue weighted by molar-refractivity contribution is 0.0826. The van der Waals surface area contributed by atoms with E-state index in [1.807, 2.05) is 13.0 Å². The highest BCUT2D eigenvalue weighted by Crippen LogP contribution is 2.43. The van der Waals surface area contributed by atoms with Crippen LogP contribution in [-0.2, 0) is 11.3 Å². The lowest BCUT2D eigenvalue weighted by Crippen LogP contribution is -2.33. The molecule has 2 aliphatic rings. The van der Waals surface area contributed by atoms with Crippen molar-refractivity contribution in [1.29, 1.82) is 0 Å². The average Bonchev–Trinajstić information content (AvgIpc) is 2.98. The fraction of sp³-hybridized carbons (Fsp3) is 0.318. The van der Waals surface area contributed by atoms with Gasteiger partial charge >= 0.3 is 0 Å². The van der Waals surface area contributed by atoms with Gasteiger partial charge in [0.25, 0.3) is 0 Å². The lowest BCUT2D eigenvalue weighted by atomic mass is 10.00. The molecule has 0 unspecified atom stereocenters. The Morgan fingerprint density at radius 1 is 1.29 bits per heavy atom. The van der Waals surface area contributed by atoms with E-state index in [0.717, 1.165) is 29.8 Å². The summed E-state index contributed by atoms with van der Waals surface area (Å²) < 4.78 is 30.3. The molecule has 0 aromatic heterocycles. The minimum absolute atomic E-state index is 0.193. The van der Waals surface area contributed by atoms with Crippen molar-refractivity contribution in [3.63, 3.8) is 0 Å². The van der Waals surface area contributed by atoms with Crippen molar-refractivity contribution in [3.8, 4) is 11.5 Å². The van der Waals surface area contributed by atoms with Gasteiger partial charge in [0.15, 0.2) is 5.76 Å². The van der Waals surface area contributed by atoms with Gasteiger partial charge in [-0.25, -0.2) is 4.39 Å². The van der Waals surface area contributed by atoms with E-state index < -0.39 is 0 Å². The molecule has 0 saturated carbocycles. The molecule has 0 atom stereocenters. The summed E-state index contributed by atoms with van der Waals surface area (Å²) in [5.41, 5.74) is 2.91. The Bertz CT molecular complexity index is 954. The molecular weight excluding hydrogens is 361 g/mol. The second-order valence-corrected chi connectivity index (χ2v) is 7.03. The van der Waals surface area contributed by atoms with Gasteiger partial charge < -0.3 is 14.2 Å². The average molecular weight is 383 g/mol. The molecule has 28 heavy (non-hydrogen) atoms. The van der Waals surface area contributed by atoms with Gasteiger partial charge in [-0.05, 0) is 43.2 Å². The SMILES string of the molecule is COCCCN1COc2c(cc3c(c2C)O/C(=C\c2cccc(F)c2)C3=O)C1. The van der Waals surface area contributed by atoms with E-state index >= 15 is 0 Å². The van der Waals surface area contributed by atoms with Crippen molar-refractivity contribution in [3.05, 3.63) is 64.2 Å². The molecule has 0 spiro atoms. The summed E-state index contributed by atoms with van der Waals surface area (Å²) in [7, 11) is 1.69. The number of fused-ring (bicyclic) bond motifs is 2. The highest BCUT2D eigenvalue weighted by molar-refractivity contribution is 6.15. The zero-order chi connectivity index (χ0) is 19.7. The van der Waals surface area contributed by atoms with E-state index in [0.29, 0.717) is 36.8 Å². The highest BCUT2D eigenvalue weighted by atomic mass is 19.1. The third kappa shape index (κ3) is 3.53. The maximum absolute atomic E-state index is 13.4. The number of hydrogen-bond donors (Lipinski definition) is 0.